The molecule has 1 amide bonds. The number of rotatable bonds is 5. The predicted molar refractivity (Wildman–Crippen MR) is 122 cm³/mol. The van der Waals surface area contributed by atoms with Gasteiger partial charge in [-0.15, -0.1) is 0 Å². The molecule has 0 unspecified atom stereocenters. The zero-order valence-corrected chi connectivity index (χ0v) is 20.1. The quantitative estimate of drug-likeness (QED) is 0.668. The number of hydrogen-bond acceptors (Lipinski definition) is 6. The van der Waals surface area contributed by atoms with Gasteiger partial charge in [0.25, 0.3) is 5.91 Å². The smallest absolute Gasteiger partial charge is 0.259 e. The summed E-state index contributed by atoms with van der Waals surface area (Å²) in [5.74, 6) is 6.51. The fourth-order valence-corrected chi connectivity index (χ4v) is 4.45. The molecular formula is C23H33N3O5S. The average Bonchev–Trinajstić information content (AvgIpc) is 3.27. The fraction of sp³-hybridized carbons (Fsp3) is 0.652. The summed E-state index contributed by atoms with van der Waals surface area (Å²) in [6, 6.07) is 1.29. The molecule has 2 aliphatic rings. The molecule has 0 bridgehead atoms. The minimum atomic E-state index is -3.40. The Balaban J connectivity index is 1.97. The van der Waals surface area contributed by atoms with Crippen LogP contribution in [0, 0.1) is 23.7 Å². The number of sulfonamides is 1. The number of pyridine rings is 1. The number of likely N-dealkylation sites (N-methyl/N-ethyl adjacent to an activating group) is 1. The van der Waals surface area contributed by atoms with Crippen molar-refractivity contribution in [1.82, 2.24) is 14.2 Å². The molecule has 1 aliphatic carbocycles. The lowest BCUT2D eigenvalue weighted by Crippen LogP contribution is -2.50. The molecule has 0 aromatic carbocycles. The van der Waals surface area contributed by atoms with Crippen molar-refractivity contribution in [2.45, 2.75) is 51.7 Å². The molecular weight excluding hydrogens is 430 g/mol. The molecule has 8 nitrogen and oxygen atoms in total. The van der Waals surface area contributed by atoms with Gasteiger partial charge in [0, 0.05) is 37.2 Å². The Morgan fingerprint density at radius 1 is 1.38 bits per heavy atom. The van der Waals surface area contributed by atoms with E-state index in [1.807, 2.05) is 6.92 Å². The Morgan fingerprint density at radius 2 is 2.06 bits per heavy atom. The van der Waals surface area contributed by atoms with E-state index in [2.05, 4.69) is 16.8 Å². The van der Waals surface area contributed by atoms with Crippen LogP contribution in [0.2, 0.25) is 0 Å². The molecule has 9 heteroatoms. The SMILES string of the molecule is C[C@@H]1CN([C@@H](C)CO)C(=O)c2cc(C#CC3CCCC3)cnc2O[C@@H]1CN(C)S(C)(=O)=O. The summed E-state index contributed by atoms with van der Waals surface area (Å²) >= 11 is 0. The fourth-order valence-electron chi connectivity index (χ4n) is 4.03. The Hall–Kier alpha value is -2.15. The summed E-state index contributed by atoms with van der Waals surface area (Å²) in [7, 11) is -1.90. The highest BCUT2D eigenvalue weighted by Gasteiger charge is 2.35. The predicted octanol–water partition coefficient (Wildman–Crippen LogP) is 1.73. The number of carbonyl (C=O) groups is 1. The Morgan fingerprint density at radius 3 is 2.69 bits per heavy atom. The zero-order chi connectivity index (χ0) is 23.5. The maximum absolute atomic E-state index is 13.4. The molecule has 1 saturated carbocycles. The molecule has 1 aliphatic heterocycles. The number of hydrogen-bond donors (Lipinski definition) is 1. The van der Waals surface area contributed by atoms with Crippen LogP contribution in [0.25, 0.3) is 0 Å². The van der Waals surface area contributed by atoms with Crippen LogP contribution in [0.4, 0.5) is 0 Å². The van der Waals surface area contributed by atoms with E-state index in [1.165, 1.54) is 24.2 Å². The van der Waals surface area contributed by atoms with Gasteiger partial charge in [-0.25, -0.2) is 17.7 Å². The minimum Gasteiger partial charge on any atom is -0.472 e. The second-order valence-corrected chi connectivity index (χ2v) is 11.1. The van der Waals surface area contributed by atoms with Gasteiger partial charge in [0.05, 0.1) is 25.4 Å². The van der Waals surface area contributed by atoms with Crippen LogP contribution in [0.5, 0.6) is 5.88 Å². The summed E-state index contributed by atoms with van der Waals surface area (Å²) in [6.45, 7) is 3.94. The number of amides is 1. The summed E-state index contributed by atoms with van der Waals surface area (Å²) in [4.78, 5) is 19.4. The van der Waals surface area contributed by atoms with Gasteiger partial charge in [0.1, 0.15) is 11.7 Å². The van der Waals surface area contributed by atoms with Crippen molar-refractivity contribution in [2.24, 2.45) is 11.8 Å². The Labute approximate surface area is 191 Å². The number of aliphatic hydroxyl groups excluding tert-OH is 1. The summed E-state index contributed by atoms with van der Waals surface area (Å²) in [5, 5.41) is 9.73. The van der Waals surface area contributed by atoms with E-state index in [4.69, 9.17) is 4.74 Å². The van der Waals surface area contributed by atoms with Gasteiger partial charge in [-0.05, 0) is 25.8 Å². The number of aliphatic hydroxyl groups is 1. The monoisotopic (exact) mass is 463 g/mol. The van der Waals surface area contributed by atoms with Gasteiger partial charge < -0.3 is 14.7 Å². The molecule has 1 N–H and O–H groups in total. The highest BCUT2D eigenvalue weighted by atomic mass is 32.2. The highest BCUT2D eigenvalue weighted by Crippen LogP contribution is 2.28. The first kappa shape index (κ1) is 24.5. The van der Waals surface area contributed by atoms with Crippen molar-refractivity contribution in [3.05, 3.63) is 23.4 Å². The first-order valence-corrected chi connectivity index (χ1v) is 13.0. The third-order valence-corrected chi connectivity index (χ3v) is 7.58. The second-order valence-electron chi connectivity index (χ2n) is 8.99. The maximum Gasteiger partial charge on any atom is 0.259 e. The van der Waals surface area contributed by atoms with Crippen molar-refractivity contribution in [2.75, 3.05) is 33.0 Å². The van der Waals surface area contributed by atoms with Crippen molar-refractivity contribution in [3.8, 4) is 17.7 Å². The van der Waals surface area contributed by atoms with Gasteiger partial charge in [0.15, 0.2) is 0 Å². The van der Waals surface area contributed by atoms with E-state index in [0.717, 1.165) is 19.1 Å². The van der Waals surface area contributed by atoms with E-state index in [-0.39, 0.29) is 36.4 Å². The van der Waals surface area contributed by atoms with Gasteiger partial charge in [0.2, 0.25) is 15.9 Å². The van der Waals surface area contributed by atoms with Crippen LogP contribution in [0.1, 0.15) is 55.5 Å². The van der Waals surface area contributed by atoms with Gasteiger partial charge in [-0.1, -0.05) is 31.6 Å². The molecule has 0 spiro atoms. The molecule has 0 radical (unpaired) electrons. The van der Waals surface area contributed by atoms with E-state index in [1.54, 1.807) is 24.1 Å². The summed E-state index contributed by atoms with van der Waals surface area (Å²) < 4.78 is 31.2. The highest BCUT2D eigenvalue weighted by molar-refractivity contribution is 7.88. The first-order chi connectivity index (χ1) is 15.1. The van der Waals surface area contributed by atoms with Crippen LogP contribution in [-0.4, -0.2) is 78.8 Å². The molecule has 1 aromatic heterocycles. The Bertz CT molecular complexity index is 995. The molecule has 3 atom stereocenters. The Kier molecular flexibility index (Phi) is 7.80. The van der Waals surface area contributed by atoms with E-state index >= 15 is 0 Å². The van der Waals surface area contributed by atoms with Crippen LogP contribution in [0.15, 0.2) is 12.3 Å². The van der Waals surface area contributed by atoms with Crippen LogP contribution in [-0.2, 0) is 10.0 Å². The van der Waals surface area contributed by atoms with Crippen LogP contribution < -0.4 is 4.74 Å². The molecule has 32 heavy (non-hydrogen) atoms. The number of carbonyl (C=O) groups excluding carboxylic acids is 1. The average molecular weight is 464 g/mol. The van der Waals surface area contributed by atoms with Crippen LogP contribution in [0.3, 0.4) is 0 Å². The lowest BCUT2D eigenvalue weighted by atomic mass is 10.00. The molecule has 2 heterocycles. The van der Waals surface area contributed by atoms with E-state index in [9.17, 15) is 18.3 Å². The topological polar surface area (TPSA) is 100 Å². The number of fused-ring (bicyclic) bond motifs is 1. The maximum atomic E-state index is 13.4. The first-order valence-electron chi connectivity index (χ1n) is 11.1. The zero-order valence-electron chi connectivity index (χ0n) is 19.2. The third-order valence-electron chi connectivity index (χ3n) is 6.30. The third kappa shape index (κ3) is 5.80. The lowest BCUT2D eigenvalue weighted by molar-refractivity contribution is 0.0373. The van der Waals surface area contributed by atoms with Crippen LogP contribution >= 0.6 is 0 Å². The molecule has 0 saturated heterocycles. The van der Waals surface area contributed by atoms with Crippen molar-refractivity contribution >= 4 is 15.9 Å². The number of nitrogens with zero attached hydrogens (tertiary/aromatic N) is 3. The summed E-state index contributed by atoms with van der Waals surface area (Å²) in [5.41, 5.74) is 0.921. The van der Waals surface area contributed by atoms with Crippen molar-refractivity contribution in [1.29, 1.82) is 0 Å². The molecule has 176 valence electrons. The van der Waals surface area contributed by atoms with Gasteiger partial charge >= 0.3 is 0 Å². The largest absolute Gasteiger partial charge is 0.472 e. The van der Waals surface area contributed by atoms with Crippen molar-refractivity contribution in [3.63, 3.8) is 0 Å². The van der Waals surface area contributed by atoms with Crippen molar-refractivity contribution < 1.29 is 23.1 Å². The summed E-state index contributed by atoms with van der Waals surface area (Å²) in [6.07, 6.45) is 6.82. The van der Waals surface area contributed by atoms with E-state index in [0.29, 0.717) is 18.0 Å². The molecule has 1 fully saturated rings. The minimum absolute atomic E-state index is 0.125. The normalized spacial score (nSPS) is 23.1. The lowest BCUT2D eigenvalue weighted by Gasteiger charge is -2.37. The van der Waals surface area contributed by atoms with E-state index < -0.39 is 22.2 Å². The standard InChI is InChI=1S/C23H33N3O5S/c1-16-13-26(17(2)15-27)23(28)20-11-19(10-9-18-7-5-6-8-18)12-24-22(20)31-21(16)14-25(3)32(4,29)30/h11-12,16-18,21,27H,5-8,13-15H2,1-4H3/t16-,17+,21-/m1/s1. The number of ether oxygens (including phenoxy) is 1. The van der Waals surface area contributed by atoms with Gasteiger partial charge in [-0.3, -0.25) is 4.79 Å². The van der Waals surface area contributed by atoms with Gasteiger partial charge in [-0.2, -0.15) is 0 Å². The molecule has 3 rings (SSSR count). The molecule has 1 aromatic rings. The number of aromatic nitrogens is 1. The second kappa shape index (κ2) is 10.2.